The highest BCUT2D eigenvalue weighted by Crippen LogP contribution is 2.37. The Hall–Kier alpha value is -2.95. The molecule has 0 saturated carbocycles. The normalized spacial score (nSPS) is 10.7. The van der Waals surface area contributed by atoms with Crippen LogP contribution >= 0.6 is 0 Å². The summed E-state index contributed by atoms with van der Waals surface area (Å²) in [7, 11) is 1.58. The number of aromatic carboxylic acids is 1. The van der Waals surface area contributed by atoms with E-state index < -0.39 is 5.97 Å². The molecule has 3 rings (SSSR count). The van der Waals surface area contributed by atoms with Gasteiger partial charge in [0.05, 0.1) is 19.2 Å². The van der Waals surface area contributed by atoms with Crippen molar-refractivity contribution < 1.29 is 19.4 Å². The number of aromatic nitrogens is 1. The Kier molecular flexibility index (Phi) is 3.93. The van der Waals surface area contributed by atoms with E-state index in [-0.39, 0.29) is 5.69 Å². The van der Waals surface area contributed by atoms with Gasteiger partial charge in [-0.25, -0.2) is 4.79 Å². The maximum Gasteiger partial charge on any atom is 0.356 e. The van der Waals surface area contributed by atoms with E-state index in [9.17, 15) is 9.90 Å². The van der Waals surface area contributed by atoms with E-state index in [0.29, 0.717) is 23.5 Å². The third-order valence-corrected chi connectivity index (χ3v) is 3.63. The molecule has 0 bridgehead atoms. The molecule has 0 aliphatic carbocycles. The van der Waals surface area contributed by atoms with Crippen molar-refractivity contribution in [3.63, 3.8) is 0 Å². The maximum atomic E-state index is 11.9. The number of methoxy groups -OCH3 is 1. The minimum absolute atomic E-state index is 0.112. The van der Waals surface area contributed by atoms with Crippen LogP contribution < -0.4 is 9.47 Å². The van der Waals surface area contributed by atoms with Crippen molar-refractivity contribution in [2.45, 2.75) is 6.92 Å². The van der Waals surface area contributed by atoms with Gasteiger partial charge in [0.15, 0.2) is 11.4 Å². The van der Waals surface area contributed by atoms with Crippen LogP contribution in [0, 0.1) is 0 Å². The van der Waals surface area contributed by atoms with Crippen LogP contribution in [0.5, 0.6) is 11.5 Å². The van der Waals surface area contributed by atoms with E-state index in [1.807, 2.05) is 49.4 Å². The number of hydrogen-bond acceptors (Lipinski definition) is 3. The molecular weight excluding hydrogens is 294 g/mol. The minimum Gasteiger partial charge on any atom is -0.497 e. The lowest BCUT2D eigenvalue weighted by molar-refractivity contribution is 0.0684. The molecule has 23 heavy (non-hydrogen) atoms. The van der Waals surface area contributed by atoms with Crippen molar-refractivity contribution in [1.29, 1.82) is 0 Å². The highest BCUT2D eigenvalue weighted by atomic mass is 16.5. The maximum absolute atomic E-state index is 11.9. The fourth-order valence-corrected chi connectivity index (χ4v) is 2.70. The molecule has 0 saturated heterocycles. The summed E-state index contributed by atoms with van der Waals surface area (Å²) in [6, 6.07) is 14.8. The molecular formula is C18H17NO4. The molecule has 5 nitrogen and oxygen atoms in total. The summed E-state index contributed by atoms with van der Waals surface area (Å²) >= 11 is 0. The van der Waals surface area contributed by atoms with Crippen molar-refractivity contribution in [3.05, 3.63) is 54.2 Å². The lowest BCUT2D eigenvalue weighted by Gasteiger charge is -2.09. The zero-order chi connectivity index (χ0) is 16.4. The zero-order valence-electron chi connectivity index (χ0n) is 12.9. The van der Waals surface area contributed by atoms with Gasteiger partial charge in [-0.1, -0.05) is 18.2 Å². The smallest absolute Gasteiger partial charge is 0.356 e. The van der Waals surface area contributed by atoms with E-state index in [1.165, 1.54) is 0 Å². The quantitative estimate of drug-likeness (QED) is 0.780. The number of carboxylic acid groups (broad SMARTS) is 1. The van der Waals surface area contributed by atoms with Gasteiger partial charge in [-0.2, -0.15) is 0 Å². The van der Waals surface area contributed by atoms with Crippen LogP contribution in [0.15, 0.2) is 48.5 Å². The van der Waals surface area contributed by atoms with Crippen molar-refractivity contribution in [3.8, 4) is 17.2 Å². The summed E-state index contributed by atoms with van der Waals surface area (Å²) in [6.45, 7) is 2.21. The predicted molar refractivity (Wildman–Crippen MR) is 88.0 cm³/mol. The molecule has 0 radical (unpaired) electrons. The Morgan fingerprint density at radius 2 is 1.91 bits per heavy atom. The molecule has 3 aromatic rings. The van der Waals surface area contributed by atoms with Gasteiger partial charge in [0, 0.05) is 11.1 Å². The van der Waals surface area contributed by atoms with Crippen LogP contribution in [0.25, 0.3) is 16.6 Å². The molecule has 2 aromatic carbocycles. The molecule has 0 spiro atoms. The Morgan fingerprint density at radius 3 is 2.52 bits per heavy atom. The lowest BCUT2D eigenvalue weighted by atomic mass is 10.2. The molecule has 0 aliphatic rings. The zero-order valence-corrected chi connectivity index (χ0v) is 12.9. The molecule has 0 atom stereocenters. The lowest BCUT2D eigenvalue weighted by Crippen LogP contribution is -2.08. The highest BCUT2D eigenvalue weighted by Gasteiger charge is 2.25. The minimum atomic E-state index is -1.03. The van der Waals surface area contributed by atoms with Gasteiger partial charge in [-0.05, 0) is 37.3 Å². The fourth-order valence-electron chi connectivity index (χ4n) is 2.70. The second-order valence-corrected chi connectivity index (χ2v) is 4.97. The van der Waals surface area contributed by atoms with E-state index in [1.54, 1.807) is 17.7 Å². The van der Waals surface area contributed by atoms with Crippen LogP contribution in [-0.2, 0) is 0 Å². The first-order chi connectivity index (χ1) is 11.2. The fraction of sp³-hybridized carbons (Fsp3) is 0.167. The van der Waals surface area contributed by atoms with Crippen LogP contribution in [-0.4, -0.2) is 29.4 Å². The average molecular weight is 311 g/mol. The van der Waals surface area contributed by atoms with Gasteiger partial charge in [0.25, 0.3) is 0 Å². The van der Waals surface area contributed by atoms with Crippen molar-refractivity contribution in [2.75, 3.05) is 13.7 Å². The van der Waals surface area contributed by atoms with Crippen LogP contribution in [0.1, 0.15) is 17.4 Å². The van der Waals surface area contributed by atoms with Gasteiger partial charge < -0.3 is 19.1 Å². The van der Waals surface area contributed by atoms with Crippen molar-refractivity contribution in [1.82, 2.24) is 4.57 Å². The molecule has 118 valence electrons. The number of carboxylic acids is 1. The van der Waals surface area contributed by atoms with Crippen LogP contribution in [0.2, 0.25) is 0 Å². The Morgan fingerprint density at radius 1 is 1.17 bits per heavy atom. The molecule has 0 fully saturated rings. The number of rotatable bonds is 5. The Bertz CT molecular complexity index is 852. The van der Waals surface area contributed by atoms with Gasteiger partial charge in [-0.3, -0.25) is 0 Å². The Labute approximate surface area is 133 Å². The predicted octanol–water partition coefficient (Wildman–Crippen LogP) is 3.74. The number of benzene rings is 2. The standard InChI is InChI=1S/C18H17NO4/c1-3-23-17-14-11-13(22-2)9-10-15(14)19(16(17)18(20)21)12-7-5-4-6-8-12/h4-11H,3H2,1-2H3,(H,20,21). The molecule has 0 unspecified atom stereocenters. The highest BCUT2D eigenvalue weighted by molar-refractivity contribution is 6.02. The summed E-state index contributed by atoms with van der Waals surface area (Å²) in [5.74, 6) is -0.0224. The van der Waals surface area contributed by atoms with Gasteiger partial charge in [0.2, 0.25) is 0 Å². The molecule has 5 heteroatoms. The van der Waals surface area contributed by atoms with Crippen molar-refractivity contribution in [2.24, 2.45) is 0 Å². The number of hydrogen-bond donors (Lipinski definition) is 1. The van der Waals surface area contributed by atoms with Gasteiger partial charge in [-0.15, -0.1) is 0 Å². The summed E-state index contributed by atoms with van der Waals surface area (Å²) in [5, 5.41) is 10.4. The molecule has 0 aliphatic heterocycles. The summed E-state index contributed by atoms with van der Waals surface area (Å²) in [5.41, 5.74) is 1.64. The Balaban J connectivity index is 2.41. The van der Waals surface area contributed by atoms with E-state index in [0.717, 1.165) is 11.2 Å². The second-order valence-electron chi connectivity index (χ2n) is 4.97. The SMILES string of the molecule is CCOc1c(C(=O)O)n(-c2ccccc2)c2ccc(OC)cc12. The largest absolute Gasteiger partial charge is 0.497 e. The van der Waals surface area contributed by atoms with E-state index in [2.05, 4.69) is 0 Å². The first-order valence-electron chi connectivity index (χ1n) is 7.31. The van der Waals surface area contributed by atoms with Crippen LogP contribution in [0.3, 0.4) is 0 Å². The molecule has 1 N–H and O–H groups in total. The topological polar surface area (TPSA) is 60.7 Å². The van der Waals surface area contributed by atoms with Crippen LogP contribution in [0.4, 0.5) is 0 Å². The third kappa shape index (κ3) is 2.50. The first kappa shape index (κ1) is 15.0. The monoisotopic (exact) mass is 311 g/mol. The first-order valence-corrected chi connectivity index (χ1v) is 7.31. The van der Waals surface area contributed by atoms with Crippen molar-refractivity contribution >= 4 is 16.9 Å². The molecule has 1 aromatic heterocycles. The van der Waals surface area contributed by atoms with Gasteiger partial charge in [0.1, 0.15) is 5.75 Å². The second kappa shape index (κ2) is 6.04. The van der Waals surface area contributed by atoms with Gasteiger partial charge >= 0.3 is 5.97 Å². The number of fused-ring (bicyclic) bond motifs is 1. The number of ether oxygens (including phenoxy) is 2. The third-order valence-electron chi connectivity index (χ3n) is 3.63. The number of para-hydroxylation sites is 1. The average Bonchev–Trinajstić information content (AvgIpc) is 2.90. The molecule has 1 heterocycles. The summed E-state index contributed by atoms with van der Waals surface area (Å²) in [6.07, 6.45) is 0. The van der Waals surface area contributed by atoms with E-state index in [4.69, 9.17) is 9.47 Å². The summed E-state index contributed by atoms with van der Waals surface area (Å²) in [4.78, 5) is 11.9. The summed E-state index contributed by atoms with van der Waals surface area (Å²) < 4.78 is 12.6. The number of carbonyl (C=O) groups is 1. The van der Waals surface area contributed by atoms with E-state index >= 15 is 0 Å². The number of nitrogens with zero attached hydrogens (tertiary/aromatic N) is 1. The molecule has 0 amide bonds.